The van der Waals surface area contributed by atoms with Crippen LogP contribution in [0, 0.1) is 19.8 Å². The van der Waals surface area contributed by atoms with E-state index in [0.29, 0.717) is 17.3 Å². The van der Waals surface area contributed by atoms with E-state index in [9.17, 15) is 9.59 Å². The number of nitrogens with zero attached hydrogens (tertiary/aromatic N) is 4. The van der Waals surface area contributed by atoms with Crippen molar-refractivity contribution in [3.8, 4) is 0 Å². The van der Waals surface area contributed by atoms with E-state index >= 15 is 0 Å². The standard InChI is InChI=1S/C14H19ClN6O2/c1-7(6-21-9(3)11(15)8(2)19-21)14(23)18-10-5-17-20(4)12(10)13(16)22/h5,7H,6H2,1-4H3,(H2,16,22)(H,18,23). The molecule has 0 bridgehead atoms. The van der Waals surface area contributed by atoms with Gasteiger partial charge in [0.2, 0.25) is 5.91 Å². The lowest BCUT2D eigenvalue weighted by Crippen LogP contribution is -2.27. The van der Waals surface area contributed by atoms with Gasteiger partial charge in [-0.1, -0.05) is 18.5 Å². The molecule has 0 spiro atoms. The Balaban J connectivity index is 2.12. The summed E-state index contributed by atoms with van der Waals surface area (Å²) in [6, 6.07) is 0. The number of hydrogen-bond acceptors (Lipinski definition) is 4. The summed E-state index contributed by atoms with van der Waals surface area (Å²) in [5.74, 6) is -1.30. The highest BCUT2D eigenvalue weighted by Crippen LogP contribution is 2.20. The van der Waals surface area contributed by atoms with Crippen molar-refractivity contribution in [1.82, 2.24) is 19.6 Å². The maximum absolute atomic E-state index is 12.3. The Labute approximate surface area is 138 Å². The normalized spacial score (nSPS) is 12.2. The van der Waals surface area contributed by atoms with E-state index in [1.165, 1.54) is 10.9 Å². The predicted molar refractivity (Wildman–Crippen MR) is 86.2 cm³/mol. The van der Waals surface area contributed by atoms with Gasteiger partial charge in [-0.25, -0.2) is 0 Å². The summed E-state index contributed by atoms with van der Waals surface area (Å²) in [6.07, 6.45) is 1.39. The summed E-state index contributed by atoms with van der Waals surface area (Å²) >= 11 is 6.10. The van der Waals surface area contributed by atoms with Crippen molar-refractivity contribution >= 4 is 29.1 Å². The van der Waals surface area contributed by atoms with Gasteiger partial charge in [-0.3, -0.25) is 19.0 Å². The summed E-state index contributed by atoms with van der Waals surface area (Å²) in [5, 5.41) is 11.5. The number of aryl methyl sites for hydroxylation is 2. The molecule has 2 rings (SSSR count). The molecule has 0 aliphatic carbocycles. The minimum atomic E-state index is -0.654. The molecule has 2 heterocycles. The predicted octanol–water partition coefficient (Wildman–Crippen LogP) is 1.26. The van der Waals surface area contributed by atoms with E-state index in [-0.39, 0.29) is 17.5 Å². The number of rotatable bonds is 5. The molecule has 9 heteroatoms. The first-order chi connectivity index (χ1) is 10.7. The molecular weight excluding hydrogens is 320 g/mol. The van der Waals surface area contributed by atoms with Crippen molar-refractivity contribution in [3.05, 3.63) is 28.3 Å². The second kappa shape index (κ2) is 6.41. The highest BCUT2D eigenvalue weighted by atomic mass is 35.5. The molecule has 0 aliphatic heterocycles. The molecule has 124 valence electrons. The molecule has 1 atom stereocenters. The largest absolute Gasteiger partial charge is 0.364 e. The number of nitrogens with two attached hydrogens (primary N) is 1. The first-order valence-electron chi connectivity index (χ1n) is 7.04. The van der Waals surface area contributed by atoms with Crippen LogP contribution in [0.3, 0.4) is 0 Å². The van der Waals surface area contributed by atoms with Crippen molar-refractivity contribution < 1.29 is 9.59 Å². The molecule has 8 nitrogen and oxygen atoms in total. The van der Waals surface area contributed by atoms with E-state index < -0.39 is 5.91 Å². The Hall–Kier alpha value is -2.35. The molecule has 0 saturated heterocycles. The van der Waals surface area contributed by atoms with Crippen LogP contribution in [0.15, 0.2) is 6.20 Å². The van der Waals surface area contributed by atoms with E-state index in [4.69, 9.17) is 17.3 Å². The average molecular weight is 339 g/mol. The molecule has 2 aromatic rings. The number of halogens is 1. The van der Waals surface area contributed by atoms with Crippen LogP contribution in [0.2, 0.25) is 5.02 Å². The fourth-order valence-corrected chi connectivity index (χ4v) is 2.41. The first-order valence-corrected chi connectivity index (χ1v) is 7.42. The summed E-state index contributed by atoms with van der Waals surface area (Å²) in [7, 11) is 1.58. The Morgan fingerprint density at radius 3 is 2.61 bits per heavy atom. The maximum Gasteiger partial charge on any atom is 0.269 e. The van der Waals surface area contributed by atoms with Crippen LogP contribution in [0.4, 0.5) is 5.69 Å². The van der Waals surface area contributed by atoms with Gasteiger partial charge in [0.1, 0.15) is 5.69 Å². The third-order valence-corrected chi connectivity index (χ3v) is 4.16. The van der Waals surface area contributed by atoms with Crippen LogP contribution < -0.4 is 11.1 Å². The van der Waals surface area contributed by atoms with Crippen LogP contribution >= 0.6 is 11.6 Å². The number of anilines is 1. The fraction of sp³-hybridized carbons (Fsp3) is 0.429. The molecular formula is C14H19ClN6O2. The van der Waals surface area contributed by atoms with Gasteiger partial charge in [0, 0.05) is 7.05 Å². The molecule has 2 amide bonds. The van der Waals surface area contributed by atoms with Crippen LogP contribution in [0.1, 0.15) is 28.8 Å². The van der Waals surface area contributed by atoms with Crippen molar-refractivity contribution in [3.63, 3.8) is 0 Å². The highest BCUT2D eigenvalue weighted by Gasteiger charge is 2.21. The maximum atomic E-state index is 12.3. The number of aromatic nitrogens is 4. The Morgan fingerprint density at radius 2 is 2.09 bits per heavy atom. The van der Waals surface area contributed by atoms with Crippen molar-refractivity contribution in [2.75, 3.05) is 5.32 Å². The smallest absolute Gasteiger partial charge is 0.269 e. The lowest BCUT2D eigenvalue weighted by atomic mass is 10.1. The number of carbonyl (C=O) groups excluding carboxylic acids is 2. The van der Waals surface area contributed by atoms with Crippen molar-refractivity contribution in [2.45, 2.75) is 27.3 Å². The molecule has 0 radical (unpaired) electrons. The summed E-state index contributed by atoms with van der Waals surface area (Å²) in [6.45, 7) is 5.79. The van der Waals surface area contributed by atoms with Crippen molar-refractivity contribution in [2.24, 2.45) is 18.7 Å². The first kappa shape index (κ1) is 17.0. The van der Waals surface area contributed by atoms with Crippen LogP contribution in [-0.2, 0) is 18.4 Å². The Kier molecular flexibility index (Phi) is 4.74. The number of carbonyl (C=O) groups is 2. The zero-order valence-corrected chi connectivity index (χ0v) is 14.2. The fourth-order valence-electron chi connectivity index (χ4n) is 2.27. The molecule has 3 N–H and O–H groups in total. The second-order valence-electron chi connectivity index (χ2n) is 5.45. The molecule has 0 aromatic carbocycles. The third-order valence-electron chi connectivity index (χ3n) is 3.62. The molecule has 23 heavy (non-hydrogen) atoms. The van der Waals surface area contributed by atoms with Gasteiger partial charge < -0.3 is 11.1 Å². The van der Waals surface area contributed by atoms with Crippen LogP contribution in [0.5, 0.6) is 0 Å². The molecule has 0 aliphatic rings. The van der Waals surface area contributed by atoms with Gasteiger partial charge in [0.25, 0.3) is 5.91 Å². The second-order valence-corrected chi connectivity index (χ2v) is 5.83. The lowest BCUT2D eigenvalue weighted by Gasteiger charge is -2.13. The van der Waals surface area contributed by atoms with E-state index in [2.05, 4.69) is 15.5 Å². The summed E-state index contributed by atoms with van der Waals surface area (Å²) in [5.41, 5.74) is 7.27. The Bertz CT molecular complexity index is 764. The van der Waals surface area contributed by atoms with Gasteiger partial charge in [-0.15, -0.1) is 0 Å². The van der Waals surface area contributed by atoms with E-state index in [1.807, 2.05) is 13.8 Å². The molecule has 2 aromatic heterocycles. The van der Waals surface area contributed by atoms with E-state index in [0.717, 1.165) is 11.4 Å². The van der Waals surface area contributed by atoms with Gasteiger partial charge in [-0.05, 0) is 13.8 Å². The molecule has 1 unspecified atom stereocenters. The number of nitrogens with one attached hydrogen (secondary N) is 1. The topological polar surface area (TPSA) is 108 Å². The van der Waals surface area contributed by atoms with Crippen LogP contribution in [0.25, 0.3) is 0 Å². The minimum absolute atomic E-state index is 0.153. The zero-order chi connectivity index (χ0) is 17.3. The lowest BCUT2D eigenvalue weighted by molar-refractivity contribution is -0.119. The number of hydrogen-bond donors (Lipinski definition) is 2. The Morgan fingerprint density at radius 1 is 1.43 bits per heavy atom. The summed E-state index contributed by atoms with van der Waals surface area (Å²) in [4.78, 5) is 23.7. The molecule has 0 saturated carbocycles. The number of amides is 2. The zero-order valence-electron chi connectivity index (χ0n) is 13.4. The van der Waals surface area contributed by atoms with Crippen molar-refractivity contribution in [1.29, 1.82) is 0 Å². The van der Waals surface area contributed by atoms with E-state index in [1.54, 1.807) is 18.7 Å². The number of primary amides is 1. The van der Waals surface area contributed by atoms with Crippen LogP contribution in [-0.4, -0.2) is 31.4 Å². The monoisotopic (exact) mass is 338 g/mol. The van der Waals surface area contributed by atoms with Gasteiger partial charge in [-0.2, -0.15) is 10.2 Å². The van der Waals surface area contributed by atoms with Gasteiger partial charge in [0.15, 0.2) is 0 Å². The SMILES string of the molecule is Cc1nn(CC(C)C(=O)Nc2cnn(C)c2C(N)=O)c(C)c1Cl. The minimum Gasteiger partial charge on any atom is -0.364 e. The highest BCUT2D eigenvalue weighted by molar-refractivity contribution is 6.31. The quantitative estimate of drug-likeness (QED) is 0.855. The average Bonchev–Trinajstić information content (AvgIpc) is 2.95. The third kappa shape index (κ3) is 3.37. The molecule has 0 fully saturated rings. The van der Waals surface area contributed by atoms with Gasteiger partial charge >= 0.3 is 0 Å². The summed E-state index contributed by atoms with van der Waals surface area (Å²) < 4.78 is 3.02. The van der Waals surface area contributed by atoms with Gasteiger partial charge in [0.05, 0.1) is 40.8 Å².